The van der Waals surface area contributed by atoms with Crippen LogP contribution in [0.3, 0.4) is 0 Å². The van der Waals surface area contributed by atoms with Crippen LogP contribution in [0.15, 0.2) is 34.4 Å². The summed E-state index contributed by atoms with van der Waals surface area (Å²) in [6.07, 6.45) is 4.28. The van der Waals surface area contributed by atoms with Gasteiger partial charge in [0.2, 0.25) is 0 Å². The first-order valence-electron chi connectivity index (χ1n) is 6.88. The fourth-order valence-electron chi connectivity index (χ4n) is 2.07. The smallest absolute Gasteiger partial charge is 0.0858 e. The van der Waals surface area contributed by atoms with E-state index in [2.05, 4.69) is 23.5 Å². The van der Waals surface area contributed by atoms with Crippen molar-refractivity contribution < 1.29 is 52.1 Å². The monoisotopic (exact) mass is 433 g/mol. The molecule has 0 bridgehead atoms. The Morgan fingerprint density at radius 2 is 1.95 bits per heavy atom. The molecule has 1 aromatic carbocycles. The van der Waals surface area contributed by atoms with E-state index in [9.17, 15) is 0 Å². The zero-order chi connectivity index (χ0) is 14.3. The van der Waals surface area contributed by atoms with E-state index in [1.54, 1.807) is 6.92 Å². The van der Waals surface area contributed by atoms with Crippen molar-refractivity contribution >= 4 is 17.1 Å². The number of benzene rings is 1. The predicted octanol–water partition coefficient (Wildman–Crippen LogP) is 4.62. The normalized spacial score (nSPS) is 20.1. The topological polar surface area (TPSA) is 45.0 Å². The van der Waals surface area contributed by atoms with Crippen molar-refractivity contribution in [3.63, 3.8) is 0 Å². The van der Waals surface area contributed by atoms with Crippen molar-refractivity contribution in [2.75, 3.05) is 0 Å². The Balaban J connectivity index is 0.00000115. The van der Waals surface area contributed by atoms with E-state index in [0.717, 1.165) is 24.1 Å². The van der Waals surface area contributed by atoms with E-state index in [1.807, 2.05) is 38.1 Å². The number of aliphatic imine (C=N–C) groups is 1. The van der Waals surface area contributed by atoms with E-state index in [0.29, 0.717) is 11.6 Å². The third-order valence-electron chi connectivity index (χ3n) is 3.04. The minimum Gasteiger partial charge on any atom is -0.411 e. The molecule has 1 fully saturated rings. The van der Waals surface area contributed by atoms with Gasteiger partial charge in [0.1, 0.15) is 0 Å². The summed E-state index contributed by atoms with van der Waals surface area (Å²) in [7, 11) is 0. The molecule has 2 rings (SSSR count). The van der Waals surface area contributed by atoms with Gasteiger partial charge in [-0.3, -0.25) is 4.99 Å². The van der Waals surface area contributed by atoms with Gasteiger partial charge in [0.05, 0.1) is 11.4 Å². The van der Waals surface area contributed by atoms with Gasteiger partial charge >= 0.3 is 0 Å². The van der Waals surface area contributed by atoms with Crippen molar-refractivity contribution in [1.29, 1.82) is 0 Å². The largest absolute Gasteiger partial charge is 0.411 e. The molecular weight excluding hydrogens is 409 g/mol. The fourth-order valence-corrected chi connectivity index (χ4v) is 2.07. The Labute approximate surface area is 160 Å². The van der Waals surface area contributed by atoms with Gasteiger partial charge in [0, 0.05) is 52.5 Å². The van der Waals surface area contributed by atoms with Crippen LogP contribution >= 0.6 is 0 Å². The standard InChI is InChI=1S/C14H17N2O.C2H6.Yb/c1-10-7-8-12(9-10)15-14-6-4-3-5-13(14)11(2)16-17;1-2;/h3-7,10,17H,8-9H2,1-2H3;1-2H3;/q-1;;. The van der Waals surface area contributed by atoms with E-state index in [-0.39, 0.29) is 46.9 Å². The number of nitrogens with zero attached hydrogens (tertiary/aromatic N) is 2. The molecule has 0 aromatic heterocycles. The summed E-state index contributed by atoms with van der Waals surface area (Å²) in [6.45, 7) is 7.98. The van der Waals surface area contributed by atoms with Crippen molar-refractivity contribution in [3.8, 4) is 0 Å². The summed E-state index contributed by atoms with van der Waals surface area (Å²) < 4.78 is 0. The molecule has 4 heteroatoms. The second kappa shape index (κ2) is 10.6. The minimum absolute atomic E-state index is 0. The quantitative estimate of drug-likeness (QED) is 0.315. The van der Waals surface area contributed by atoms with Crippen LogP contribution in [-0.2, 0) is 0 Å². The maximum atomic E-state index is 8.85. The second-order valence-corrected chi connectivity index (χ2v) is 4.50. The van der Waals surface area contributed by atoms with Crippen molar-refractivity contribution in [3.05, 3.63) is 36.2 Å². The molecule has 20 heavy (non-hydrogen) atoms. The number of para-hydroxylation sites is 1. The number of hydrogen-bond donors (Lipinski definition) is 1. The van der Waals surface area contributed by atoms with Gasteiger partial charge in [-0.25, -0.2) is 0 Å². The number of rotatable bonds is 2. The zero-order valence-corrected chi connectivity index (χ0v) is 14.2. The third-order valence-corrected chi connectivity index (χ3v) is 3.04. The third kappa shape index (κ3) is 5.71. The molecule has 0 amide bonds. The molecule has 0 radical (unpaired) electrons. The van der Waals surface area contributed by atoms with E-state index >= 15 is 0 Å². The number of hydrogen-bond acceptors (Lipinski definition) is 3. The van der Waals surface area contributed by atoms with Crippen molar-refractivity contribution in [2.24, 2.45) is 16.1 Å². The molecule has 1 N–H and O–H groups in total. The molecule has 3 nitrogen and oxygen atoms in total. The maximum Gasteiger partial charge on any atom is 0.0858 e. The molecule has 118 valence electrons. The fraction of sp³-hybridized carbons (Fsp3) is 0.438. The minimum atomic E-state index is 0. The van der Waals surface area contributed by atoms with E-state index in [4.69, 9.17) is 5.21 Å². The van der Waals surface area contributed by atoms with Gasteiger partial charge < -0.3 is 11.6 Å². The van der Waals surface area contributed by atoms with Gasteiger partial charge in [-0.1, -0.05) is 44.1 Å². The van der Waals surface area contributed by atoms with Gasteiger partial charge in [-0.2, -0.15) is 5.92 Å². The van der Waals surface area contributed by atoms with Crippen LogP contribution in [0.4, 0.5) is 5.69 Å². The van der Waals surface area contributed by atoms with Gasteiger partial charge in [0.15, 0.2) is 0 Å². The van der Waals surface area contributed by atoms with Crippen LogP contribution in [0.2, 0.25) is 0 Å². The molecule has 1 aromatic rings. The van der Waals surface area contributed by atoms with Crippen LogP contribution in [0, 0.1) is 59.3 Å². The van der Waals surface area contributed by atoms with Crippen LogP contribution in [0.5, 0.6) is 0 Å². The van der Waals surface area contributed by atoms with Crippen molar-refractivity contribution in [2.45, 2.75) is 40.5 Å². The Bertz CT molecular complexity index is 469. The molecule has 1 atom stereocenters. The van der Waals surface area contributed by atoms with E-state index < -0.39 is 0 Å². The molecule has 0 saturated heterocycles. The van der Waals surface area contributed by atoms with E-state index in [1.165, 1.54) is 5.71 Å². The Hall–Kier alpha value is -0.121. The first-order valence-corrected chi connectivity index (χ1v) is 6.88. The number of oxime groups is 1. The first kappa shape index (κ1) is 19.9. The molecule has 0 heterocycles. The SMILES string of the molecule is CC.CC(=NO)c1ccccc1N=C1C[CH-]C(C)C1.[Yb]. The summed E-state index contributed by atoms with van der Waals surface area (Å²) in [5, 5.41) is 12.1. The van der Waals surface area contributed by atoms with Crippen molar-refractivity contribution in [1.82, 2.24) is 0 Å². The summed E-state index contributed by atoms with van der Waals surface area (Å²) in [5.41, 5.74) is 3.58. The van der Waals surface area contributed by atoms with Crippen LogP contribution in [-0.4, -0.2) is 16.6 Å². The maximum absolute atomic E-state index is 8.85. The average Bonchev–Trinajstić information content (AvgIpc) is 2.86. The molecule has 1 unspecified atom stereocenters. The average molecular weight is 432 g/mol. The molecule has 1 saturated carbocycles. The summed E-state index contributed by atoms with van der Waals surface area (Å²) in [6, 6.07) is 7.77. The van der Waals surface area contributed by atoms with Crippen LogP contribution in [0.25, 0.3) is 0 Å². The molecule has 0 aliphatic heterocycles. The summed E-state index contributed by atoms with van der Waals surface area (Å²) in [5.74, 6) is 0.619. The molecular formula is C16H23N2OYb-. The first-order chi connectivity index (χ1) is 9.20. The molecule has 1 aliphatic carbocycles. The Kier molecular flexibility index (Phi) is 10.5. The molecule has 0 spiro atoms. The predicted molar refractivity (Wildman–Crippen MR) is 81.6 cm³/mol. The summed E-state index contributed by atoms with van der Waals surface area (Å²) >= 11 is 0. The van der Waals surface area contributed by atoms with Gasteiger partial charge in [-0.15, -0.1) is 6.42 Å². The van der Waals surface area contributed by atoms with Crippen LogP contribution in [0.1, 0.15) is 46.1 Å². The van der Waals surface area contributed by atoms with Gasteiger partial charge in [-0.05, 0) is 25.1 Å². The Morgan fingerprint density at radius 1 is 1.30 bits per heavy atom. The second-order valence-electron chi connectivity index (χ2n) is 4.50. The summed E-state index contributed by atoms with van der Waals surface area (Å²) in [4.78, 5) is 4.67. The van der Waals surface area contributed by atoms with Gasteiger partial charge in [0.25, 0.3) is 0 Å². The van der Waals surface area contributed by atoms with Crippen LogP contribution < -0.4 is 0 Å². The Morgan fingerprint density at radius 3 is 2.50 bits per heavy atom. The zero-order valence-electron chi connectivity index (χ0n) is 12.5. The molecule has 1 aliphatic rings.